The number of hydrogen-bond acceptors (Lipinski definition) is 5. The van der Waals surface area contributed by atoms with E-state index in [1.165, 1.54) is 4.90 Å². The molecule has 0 radical (unpaired) electrons. The van der Waals surface area contributed by atoms with Crippen molar-refractivity contribution in [2.24, 2.45) is 0 Å². The van der Waals surface area contributed by atoms with Crippen molar-refractivity contribution in [3.05, 3.63) is 0 Å². The molecule has 0 bridgehead atoms. The van der Waals surface area contributed by atoms with E-state index in [2.05, 4.69) is 21.2 Å². The Kier molecular flexibility index (Phi) is 3.67. The zero-order chi connectivity index (χ0) is 12.6. The minimum Gasteiger partial charge on any atom is -0.394 e. The summed E-state index contributed by atoms with van der Waals surface area (Å²) in [5.74, 6) is -0.386. The minimum atomic E-state index is -0.802. The van der Waals surface area contributed by atoms with Gasteiger partial charge in [0.1, 0.15) is 17.2 Å². The van der Waals surface area contributed by atoms with Crippen LogP contribution >= 0.6 is 15.9 Å². The molecule has 0 aromatic carbocycles. The first-order valence-corrected chi connectivity index (χ1v) is 6.14. The number of hydrogen-bond donors (Lipinski definition) is 3. The van der Waals surface area contributed by atoms with Gasteiger partial charge < -0.3 is 14.9 Å². The van der Waals surface area contributed by atoms with E-state index in [1.54, 1.807) is 0 Å². The molecule has 2 aliphatic rings. The first-order chi connectivity index (χ1) is 8.02. The Morgan fingerprint density at radius 2 is 2.24 bits per heavy atom. The average molecular weight is 309 g/mol. The molecule has 2 aliphatic heterocycles. The van der Waals surface area contributed by atoms with Crippen molar-refractivity contribution in [2.45, 2.75) is 29.7 Å². The molecule has 8 heteroatoms. The van der Waals surface area contributed by atoms with E-state index in [-0.39, 0.29) is 25.5 Å². The number of carbonyl (C=O) groups excluding carboxylic acids is 2. The number of rotatable bonds is 2. The third-order valence-corrected chi connectivity index (χ3v) is 3.57. The predicted molar refractivity (Wildman–Crippen MR) is 59.3 cm³/mol. The van der Waals surface area contributed by atoms with Crippen molar-refractivity contribution in [1.82, 2.24) is 10.2 Å². The third-order valence-electron chi connectivity index (χ3n) is 2.86. The topological polar surface area (TPSA) is 99.1 Å². The molecule has 7 nitrogen and oxygen atoms in total. The molecule has 0 aliphatic carbocycles. The number of alkyl halides is 1. The summed E-state index contributed by atoms with van der Waals surface area (Å²) in [6, 6.07) is -0.540. The zero-order valence-electron chi connectivity index (χ0n) is 8.88. The number of ether oxygens (including phenoxy) is 1. The van der Waals surface area contributed by atoms with Gasteiger partial charge in [0.2, 0.25) is 5.91 Å². The number of nitrogens with one attached hydrogen (secondary N) is 1. The van der Waals surface area contributed by atoms with Crippen molar-refractivity contribution < 1.29 is 24.5 Å². The number of carbonyl (C=O) groups is 2. The second-order valence-corrected chi connectivity index (χ2v) is 5.13. The summed E-state index contributed by atoms with van der Waals surface area (Å²) in [6.45, 7) is -0.121. The monoisotopic (exact) mass is 308 g/mol. The highest BCUT2D eigenvalue weighted by Gasteiger charge is 2.42. The molecule has 3 amide bonds. The van der Waals surface area contributed by atoms with Crippen LogP contribution in [0.5, 0.6) is 0 Å². The van der Waals surface area contributed by atoms with Gasteiger partial charge in [-0.25, -0.2) is 4.79 Å². The van der Waals surface area contributed by atoms with Gasteiger partial charge in [-0.1, -0.05) is 15.9 Å². The van der Waals surface area contributed by atoms with Crippen molar-refractivity contribution in [3.63, 3.8) is 0 Å². The largest absolute Gasteiger partial charge is 0.394 e. The Hall–Kier alpha value is -0.700. The van der Waals surface area contributed by atoms with Crippen LogP contribution in [0.1, 0.15) is 6.42 Å². The maximum Gasteiger partial charge on any atom is 0.326 e. The molecule has 2 heterocycles. The van der Waals surface area contributed by atoms with Gasteiger partial charge in [0, 0.05) is 13.0 Å². The van der Waals surface area contributed by atoms with Crippen LogP contribution in [0.15, 0.2) is 0 Å². The first-order valence-electron chi connectivity index (χ1n) is 5.23. The Bertz CT molecular complexity index is 339. The number of halogens is 1. The molecular formula is C9H13BrN2O5. The molecule has 2 rings (SSSR count). The van der Waals surface area contributed by atoms with E-state index in [9.17, 15) is 14.7 Å². The van der Waals surface area contributed by atoms with Crippen LogP contribution < -0.4 is 5.32 Å². The molecule has 0 aromatic heterocycles. The van der Waals surface area contributed by atoms with Crippen molar-refractivity contribution >= 4 is 27.9 Å². The molecule has 4 atom stereocenters. The van der Waals surface area contributed by atoms with Gasteiger partial charge in [-0.2, -0.15) is 0 Å². The lowest BCUT2D eigenvalue weighted by molar-refractivity contribution is -0.123. The number of urea groups is 1. The maximum atomic E-state index is 11.6. The van der Waals surface area contributed by atoms with Crippen molar-refractivity contribution in [2.75, 3.05) is 13.2 Å². The van der Waals surface area contributed by atoms with Crippen LogP contribution in [0.4, 0.5) is 4.79 Å². The highest BCUT2D eigenvalue weighted by Crippen LogP contribution is 2.25. The lowest BCUT2D eigenvalue weighted by Gasteiger charge is -2.33. The van der Waals surface area contributed by atoms with Gasteiger partial charge in [0.15, 0.2) is 0 Å². The van der Waals surface area contributed by atoms with Gasteiger partial charge in [-0.15, -0.1) is 0 Å². The summed E-state index contributed by atoms with van der Waals surface area (Å²) in [6.07, 6.45) is -1.87. The molecule has 0 spiro atoms. The smallest absolute Gasteiger partial charge is 0.326 e. The van der Waals surface area contributed by atoms with Crippen LogP contribution in [-0.2, 0) is 9.53 Å². The average Bonchev–Trinajstić information content (AvgIpc) is 2.65. The number of nitrogens with zero attached hydrogens (tertiary/aromatic N) is 1. The Morgan fingerprint density at radius 1 is 1.53 bits per heavy atom. The summed E-state index contributed by atoms with van der Waals surface area (Å²) in [5.41, 5.74) is 0. The van der Waals surface area contributed by atoms with Crippen LogP contribution in [0, 0.1) is 0 Å². The van der Waals surface area contributed by atoms with E-state index in [4.69, 9.17) is 9.84 Å². The molecule has 0 aromatic rings. The summed E-state index contributed by atoms with van der Waals surface area (Å²) in [5, 5.41) is 20.7. The molecule has 3 N–H and O–H groups in total. The molecule has 1 unspecified atom stereocenters. The molecule has 17 heavy (non-hydrogen) atoms. The Labute approximate surface area is 106 Å². The van der Waals surface area contributed by atoms with Gasteiger partial charge in [0.05, 0.1) is 12.7 Å². The number of imide groups is 1. The summed E-state index contributed by atoms with van der Waals surface area (Å²) >= 11 is 3.14. The number of amides is 3. The molecule has 0 saturated carbocycles. The quantitative estimate of drug-likeness (QED) is 0.555. The van der Waals surface area contributed by atoms with E-state index in [0.29, 0.717) is 0 Å². The van der Waals surface area contributed by atoms with Crippen LogP contribution in [-0.4, -0.2) is 63.5 Å². The second kappa shape index (κ2) is 4.89. The maximum absolute atomic E-state index is 11.6. The number of aliphatic hydroxyl groups excluding tert-OH is 2. The van der Waals surface area contributed by atoms with Gasteiger partial charge >= 0.3 is 6.03 Å². The fourth-order valence-electron chi connectivity index (χ4n) is 1.91. The normalized spacial score (nSPS) is 38.4. The SMILES string of the molecule is O=C1NC(=O)N([C@H]2C[C@H](O)[C@@H](CO)O2)CC1Br. The van der Waals surface area contributed by atoms with Crippen molar-refractivity contribution in [1.29, 1.82) is 0 Å². The molecular weight excluding hydrogens is 296 g/mol. The number of aliphatic hydroxyl groups is 2. The minimum absolute atomic E-state index is 0.181. The first kappa shape index (κ1) is 12.7. The van der Waals surface area contributed by atoms with E-state index in [0.717, 1.165) is 0 Å². The summed E-state index contributed by atoms with van der Waals surface area (Å²) in [4.78, 5) is 23.6. The summed E-state index contributed by atoms with van der Waals surface area (Å²) in [7, 11) is 0. The molecule has 2 fully saturated rings. The molecule has 2 saturated heterocycles. The lowest BCUT2D eigenvalue weighted by atomic mass is 10.2. The van der Waals surface area contributed by atoms with Crippen molar-refractivity contribution in [3.8, 4) is 0 Å². The highest BCUT2D eigenvalue weighted by atomic mass is 79.9. The highest BCUT2D eigenvalue weighted by molar-refractivity contribution is 9.10. The van der Waals surface area contributed by atoms with Gasteiger partial charge in [-0.3, -0.25) is 15.0 Å². The van der Waals surface area contributed by atoms with E-state index in [1.807, 2.05) is 0 Å². The second-order valence-electron chi connectivity index (χ2n) is 4.03. The lowest BCUT2D eigenvalue weighted by Crippen LogP contribution is -2.58. The van der Waals surface area contributed by atoms with Gasteiger partial charge in [-0.05, 0) is 0 Å². The zero-order valence-corrected chi connectivity index (χ0v) is 10.5. The van der Waals surface area contributed by atoms with Gasteiger partial charge in [0.25, 0.3) is 0 Å². The predicted octanol–water partition coefficient (Wildman–Crippen LogP) is -1.23. The Morgan fingerprint density at radius 3 is 2.82 bits per heavy atom. The van der Waals surface area contributed by atoms with Crippen LogP contribution in [0.25, 0.3) is 0 Å². The standard InChI is InChI=1S/C9H13BrN2O5/c10-4-2-12(9(16)11-8(4)15)7-1-5(14)6(3-13)17-7/h4-7,13-14H,1-3H2,(H,11,15,16)/t4?,5-,6+,7+/m0/s1. The fourth-order valence-corrected chi connectivity index (χ4v) is 2.34. The molecule has 96 valence electrons. The fraction of sp³-hybridized carbons (Fsp3) is 0.778. The van der Waals surface area contributed by atoms with E-state index >= 15 is 0 Å². The Balaban J connectivity index is 2.03. The van der Waals surface area contributed by atoms with E-state index < -0.39 is 29.3 Å². The summed E-state index contributed by atoms with van der Waals surface area (Å²) < 4.78 is 5.35. The third kappa shape index (κ3) is 2.44. The van der Waals surface area contributed by atoms with Crippen LogP contribution in [0.3, 0.4) is 0 Å². The van der Waals surface area contributed by atoms with Crippen LogP contribution in [0.2, 0.25) is 0 Å².